The van der Waals surface area contributed by atoms with Gasteiger partial charge in [0.25, 0.3) is 0 Å². The predicted molar refractivity (Wildman–Crippen MR) is 73.6 cm³/mol. The minimum absolute atomic E-state index is 0.342. The number of hydrogen-bond donors (Lipinski definition) is 1. The van der Waals surface area contributed by atoms with E-state index in [9.17, 15) is 4.79 Å². The molecule has 0 aromatic heterocycles. The van der Waals surface area contributed by atoms with Crippen LogP contribution in [0.3, 0.4) is 0 Å². The fourth-order valence-corrected chi connectivity index (χ4v) is 1.56. The standard InChI is InChI=1S/C14H21NO4/c1-4-17-10-11-9-12(15-14(16)19-6-3)7-8-13(11)18-5-2/h7-9H,4-6,10H2,1-3H3,(H,15,16). The molecule has 1 amide bonds. The van der Waals surface area contributed by atoms with Crippen LogP contribution in [0.25, 0.3) is 0 Å². The van der Waals surface area contributed by atoms with Gasteiger partial charge in [0.1, 0.15) is 5.75 Å². The first kappa shape index (κ1) is 15.3. The lowest BCUT2D eigenvalue weighted by molar-refractivity contribution is 0.131. The van der Waals surface area contributed by atoms with E-state index in [-0.39, 0.29) is 0 Å². The summed E-state index contributed by atoms with van der Waals surface area (Å²) < 4.78 is 15.7. The minimum atomic E-state index is -0.464. The van der Waals surface area contributed by atoms with E-state index in [1.54, 1.807) is 13.0 Å². The fourth-order valence-electron chi connectivity index (χ4n) is 1.56. The Balaban J connectivity index is 2.80. The largest absolute Gasteiger partial charge is 0.494 e. The van der Waals surface area contributed by atoms with Crippen molar-refractivity contribution in [3.8, 4) is 5.75 Å². The van der Waals surface area contributed by atoms with Crippen LogP contribution in [0.15, 0.2) is 18.2 Å². The Bertz CT molecular complexity index is 406. The van der Waals surface area contributed by atoms with Crippen LogP contribution in [0.4, 0.5) is 10.5 Å². The second-order valence-corrected chi connectivity index (χ2v) is 3.74. The summed E-state index contributed by atoms with van der Waals surface area (Å²) in [5.41, 5.74) is 1.56. The Labute approximate surface area is 113 Å². The molecular weight excluding hydrogens is 246 g/mol. The summed E-state index contributed by atoms with van der Waals surface area (Å²) in [5.74, 6) is 0.769. The monoisotopic (exact) mass is 267 g/mol. The van der Waals surface area contributed by atoms with Crippen molar-refractivity contribution < 1.29 is 19.0 Å². The fraction of sp³-hybridized carbons (Fsp3) is 0.500. The van der Waals surface area contributed by atoms with E-state index in [1.807, 2.05) is 26.0 Å². The molecule has 1 aromatic carbocycles. The summed E-state index contributed by atoms with van der Waals surface area (Å²) in [6, 6.07) is 5.42. The SMILES string of the molecule is CCOCc1cc(NC(=O)OCC)ccc1OCC. The lowest BCUT2D eigenvalue weighted by Crippen LogP contribution is -2.13. The van der Waals surface area contributed by atoms with E-state index in [0.717, 1.165) is 11.3 Å². The maximum absolute atomic E-state index is 11.4. The third kappa shape index (κ3) is 5.18. The van der Waals surface area contributed by atoms with Gasteiger partial charge in [0.15, 0.2) is 0 Å². The van der Waals surface area contributed by atoms with E-state index in [4.69, 9.17) is 14.2 Å². The third-order valence-corrected chi connectivity index (χ3v) is 2.34. The molecule has 5 heteroatoms. The average Bonchev–Trinajstić information content (AvgIpc) is 2.39. The van der Waals surface area contributed by atoms with Crippen molar-refractivity contribution >= 4 is 11.8 Å². The van der Waals surface area contributed by atoms with Crippen LogP contribution in [0.1, 0.15) is 26.3 Å². The number of carbonyl (C=O) groups excluding carboxylic acids is 1. The van der Waals surface area contributed by atoms with E-state index < -0.39 is 6.09 Å². The molecule has 0 heterocycles. The predicted octanol–water partition coefficient (Wildman–Crippen LogP) is 3.19. The van der Waals surface area contributed by atoms with Gasteiger partial charge in [-0.05, 0) is 39.0 Å². The molecule has 0 saturated carbocycles. The highest BCUT2D eigenvalue weighted by Gasteiger charge is 2.08. The molecule has 0 atom stereocenters. The highest BCUT2D eigenvalue weighted by atomic mass is 16.5. The van der Waals surface area contributed by atoms with Crippen LogP contribution in [0, 0.1) is 0 Å². The number of benzene rings is 1. The Morgan fingerprint density at radius 3 is 2.58 bits per heavy atom. The second-order valence-electron chi connectivity index (χ2n) is 3.74. The zero-order valence-electron chi connectivity index (χ0n) is 11.7. The Kier molecular flexibility index (Phi) is 6.74. The van der Waals surface area contributed by atoms with Gasteiger partial charge in [0.2, 0.25) is 0 Å². The van der Waals surface area contributed by atoms with Crippen LogP contribution in [-0.2, 0) is 16.1 Å². The summed E-state index contributed by atoms with van der Waals surface area (Å²) in [7, 11) is 0. The molecule has 0 aliphatic rings. The van der Waals surface area contributed by atoms with Crippen LogP contribution in [0.2, 0.25) is 0 Å². The number of hydrogen-bond acceptors (Lipinski definition) is 4. The van der Waals surface area contributed by atoms with Crippen molar-refractivity contribution in [2.45, 2.75) is 27.4 Å². The first-order valence-corrected chi connectivity index (χ1v) is 6.48. The molecule has 0 saturated heterocycles. The molecular formula is C14H21NO4. The molecule has 0 spiro atoms. The number of carbonyl (C=O) groups is 1. The molecule has 0 aliphatic heterocycles. The molecule has 19 heavy (non-hydrogen) atoms. The topological polar surface area (TPSA) is 56.8 Å². The Morgan fingerprint density at radius 2 is 1.95 bits per heavy atom. The van der Waals surface area contributed by atoms with Gasteiger partial charge < -0.3 is 14.2 Å². The first-order valence-electron chi connectivity index (χ1n) is 6.48. The van der Waals surface area contributed by atoms with Crippen LogP contribution >= 0.6 is 0 Å². The summed E-state index contributed by atoms with van der Waals surface area (Å²) in [6.07, 6.45) is -0.464. The van der Waals surface area contributed by atoms with E-state index in [0.29, 0.717) is 32.1 Å². The molecule has 0 radical (unpaired) electrons. The smallest absolute Gasteiger partial charge is 0.411 e. The lowest BCUT2D eigenvalue weighted by Gasteiger charge is -2.12. The van der Waals surface area contributed by atoms with Crippen molar-refractivity contribution in [2.24, 2.45) is 0 Å². The third-order valence-electron chi connectivity index (χ3n) is 2.34. The van der Waals surface area contributed by atoms with E-state index >= 15 is 0 Å². The molecule has 0 fully saturated rings. The molecule has 0 aliphatic carbocycles. The van der Waals surface area contributed by atoms with Crippen molar-refractivity contribution in [3.63, 3.8) is 0 Å². The van der Waals surface area contributed by atoms with Gasteiger partial charge in [-0.25, -0.2) is 4.79 Å². The van der Waals surface area contributed by atoms with Gasteiger partial charge in [0.05, 0.1) is 19.8 Å². The van der Waals surface area contributed by atoms with Gasteiger partial charge in [0, 0.05) is 17.9 Å². The second kappa shape index (κ2) is 8.37. The van der Waals surface area contributed by atoms with Gasteiger partial charge in [-0.2, -0.15) is 0 Å². The molecule has 106 valence electrons. The lowest BCUT2D eigenvalue weighted by atomic mass is 10.2. The molecule has 1 N–H and O–H groups in total. The quantitative estimate of drug-likeness (QED) is 0.824. The van der Waals surface area contributed by atoms with Gasteiger partial charge in [-0.3, -0.25) is 5.32 Å². The summed E-state index contributed by atoms with van der Waals surface area (Å²) in [4.78, 5) is 11.4. The first-order chi connectivity index (χ1) is 9.21. The van der Waals surface area contributed by atoms with Crippen molar-refractivity contribution in [1.82, 2.24) is 0 Å². The normalized spacial score (nSPS) is 10.1. The summed E-state index contributed by atoms with van der Waals surface area (Å²) >= 11 is 0. The maximum Gasteiger partial charge on any atom is 0.411 e. The highest BCUT2D eigenvalue weighted by Crippen LogP contribution is 2.24. The van der Waals surface area contributed by atoms with Crippen LogP contribution < -0.4 is 10.1 Å². The van der Waals surface area contributed by atoms with Crippen LogP contribution in [0.5, 0.6) is 5.75 Å². The molecule has 1 aromatic rings. The number of ether oxygens (including phenoxy) is 3. The minimum Gasteiger partial charge on any atom is -0.494 e. The van der Waals surface area contributed by atoms with Gasteiger partial charge >= 0.3 is 6.09 Å². The van der Waals surface area contributed by atoms with Crippen molar-refractivity contribution in [1.29, 1.82) is 0 Å². The molecule has 0 bridgehead atoms. The average molecular weight is 267 g/mol. The zero-order valence-corrected chi connectivity index (χ0v) is 11.7. The number of anilines is 1. The summed E-state index contributed by atoms with van der Waals surface area (Å²) in [6.45, 7) is 7.62. The van der Waals surface area contributed by atoms with Crippen molar-refractivity contribution in [2.75, 3.05) is 25.1 Å². The number of amides is 1. The van der Waals surface area contributed by atoms with E-state index in [1.165, 1.54) is 0 Å². The van der Waals surface area contributed by atoms with Crippen molar-refractivity contribution in [3.05, 3.63) is 23.8 Å². The van der Waals surface area contributed by atoms with Crippen LogP contribution in [-0.4, -0.2) is 25.9 Å². The molecule has 5 nitrogen and oxygen atoms in total. The zero-order chi connectivity index (χ0) is 14.1. The molecule has 1 rings (SSSR count). The number of nitrogens with one attached hydrogen (secondary N) is 1. The molecule has 0 unspecified atom stereocenters. The Morgan fingerprint density at radius 1 is 1.16 bits per heavy atom. The van der Waals surface area contributed by atoms with E-state index in [2.05, 4.69) is 5.32 Å². The summed E-state index contributed by atoms with van der Waals surface area (Å²) in [5, 5.41) is 2.66. The highest BCUT2D eigenvalue weighted by molar-refractivity contribution is 5.84. The number of rotatable bonds is 7. The van der Waals surface area contributed by atoms with Gasteiger partial charge in [-0.1, -0.05) is 0 Å². The Hall–Kier alpha value is -1.75. The maximum atomic E-state index is 11.4. The van der Waals surface area contributed by atoms with Gasteiger partial charge in [-0.15, -0.1) is 0 Å².